The molecule has 6 aromatic rings. The van der Waals surface area contributed by atoms with Crippen LogP contribution >= 0.6 is 0 Å². The Kier molecular flexibility index (Phi) is 15.0. The van der Waals surface area contributed by atoms with Gasteiger partial charge in [0.2, 0.25) is 35.7 Å². The monoisotopic (exact) mass is 930 g/mol. The van der Waals surface area contributed by atoms with Crippen LogP contribution in [0.25, 0.3) is 0 Å². The Morgan fingerprint density at radius 1 is 0.441 bits per heavy atom. The quantitative estimate of drug-likeness (QED) is 0.0358. The van der Waals surface area contributed by atoms with Gasteiger partial charge in [-0.05, 0) is 49.9 Å². The van der Waals surface area contributed by atoms with Crippen LogP contribution in [0.3, 0.4) is 0 Å². The fourth-order valence-electron chi connectivity index (χ4n) is 7.95. The molecule has 356 valence electrons. The third kappa shape index (κ3) is 11.4. The van der Waals surface area contributed by atoms with E-state index >= 15 is 0 Å². The maximum Gasteiger partial charge on any atom is 0.270 e. The number of nitro benzene ring substituents is 2. The second-order valence-electron chi connectivity index (χ2n) is 16.0. The molecule has 2 heterocycles. The lowest BCUT2D eigenvalue weighted by Crippen LogP contribution is -2.12. The van der Waals surface area contributed by atoms with Crippen LogP contribution < -0.4 is 52.5 Å². The summed E-state index contributed by atoms with van der Waals surface area (Å²) in [5, 5.41) is 32.1. The number of rotatable bonds is 18. The molecule has 10 N–H and O–H groups in total. The molecule has 0 aliphatic heterocycles. The first-order valence-electron chi connectivity index (χ1n) is 22.3. The number of aromatic nitrogens is 6. The minimum atomic E-state index is -0.437. The number of ether oxygens (including phenoxy) is 4. The van der Waals surface area contributed by atoms with E-state index in [9.17, 15) is 20.2 Å². The van der Waals surface area contributed by atoms with Crippen LogP contribution in [-0.2, 0) is 25.7 Å². The maximum absolute atomic E-state index is 12.9. The van der Waals surface area contributed by atoms with Gasteiger partial charge >= 0.3 is 0 Å². The average molecular weight is 931 g/mol. The van der Waals surface area contributed by atoms with E-state index in [1.54, 1.807) is 0 Å². The van der Waals surface area contributed by atoms with Crippen molar-refractivity contribution in [2.24, 2.45) is 0 Å². The van der Waals surface area contributed by atoms with Crippen LogP contribution in [0.4, 0.5) is 58.4 Å². The van der Waals surface area contributed by atoms with Crippen molar-refractivity contribution in [3.63, 3.8) is 0 Å². The summed E-state index contributed by atoms with van der Waals surface area (Å²) < 4.78 is 26.4. The van der Waals surface area contributed by atoms with Gasteiger partial charge in [-0.15, -0.1) is 0 Å². The summed E-state index contributed by atoms with van der Waals surface area (Å²) in [4.78, 5) is 49.5. The molecule has 1 aliphatic rings. The molecule has 0 saturated carbocycles. The lowest BCUT2D eigenvalue weighted by molar-refractivity contribution is -0.385. The van der Waals surface area contributed by atoms with E-state index in [1.165, 1.54) is 24.3 Å². The van der Waals surface area contributed by atoms with Crippen molar-refractivity contribution in [1.29, 1.82) is 0 Å². The number of hydrogen-bond donors (Lipinski definition) is 6. The maximum atomic E-state index is 12.9. The van der Waals surface area contributed by atoms with Crippen molar-refractivity contribution in [2.45, 2.75) is 79.1 Å². The number of nitrogens with two attached hydrogens (primary N) is 4. The zero-order valence-corrected chi connectivity index (χ0v) is 38.3. The minimum absolute atomic E-state index is 0.0593. The number of fused-ring (bicyclic) bond motifs is 8. The molecule has 22 heteroatoms. The zero-order chi connectivity index (χ0) is 48.5. The highest BCUT2D eigenvalue weighted by atomic mass is 16.6. The van der Waals surface area contributed by atoms with Crippen molar-refractivity contribution >= 4 is 58.4 Å². The molecule has 7 rings (SSSR count). The van der Waals surface area contributed by atoms with Crippen LogP contribution in [0.5, 0.6) is 23.0 Å². The second-order valence-corrected chi connectivity index (χ2v) is 16.0. The van der Waals surface area contributed by atoms with E-state index in [0.29, 0.717) is 131 Å². The number of nitrogens with one attached hydrogen (secondary N) is 2. The van der Waals surface area contributed by atoms with Gasteiger partial charge in [-0.3, -0.25) is 20.2 Å². The van der Waals surface area contributed by atoms with Crippen molar-refractivity contribution in [3.05, 3.63) is 113 Å². The smallest absolute Gasteiger partial charge is 0.270 e. The molecular weight excluding hydrogens is 877 g/mol. The van der Waals surface area contributed by atoms with Crippen LogP contribution in [-0.4, -0.2) is 66.2 Å². The Hall–Kier alpha value is -8.30. The van der Waals surface area contributed by atoms with E-state index in [0.717, 1.165) is 0 Å². The van der Waals surface area contributed by atoms with Crippen molar-refractivity contribution < 1.29 is 28.8 Å². The van der Waals surface area contributed by atoms with Crippen molar-refractivity contribution in [2.75, 3.05) is 60.0 Å². The molecule has 0 atom stereocenters. The Morgan fingerprint density at radius 2 is 0.676 bits per heavy atom. The van der Waals surface area contributed by atoms with Crippen LogP contribution in [0, 0.1) is 20.2 Å². The molecule has 8 bridgehead atoms. The molecule has 0 radical (unpaired) electrons. The third-order valence-corrected chi connectivity index (χ3v) is 10.5. The van der Waals surface area contributed by atoms with Gasteiger partial charge in [0.15, 0.2) is 0 Å². The number of anilines is 8. The third-order valence-electron chi connectivity index (χ3n) is 10.5. The number of nitrogens with zero attached hydrogens (tertiary/aromatic N) is 8. The van der Waals surface area contributed by atoms with Gasteiger partial charge in [0.1, 0.15) is 23.0 Å². The molecule has 68 heavy (non-hydrogen) atoms. The Morgan fingerprint density at radius 3 is 0.897 bits per heavy atom. The predicted molar refractivity (Wildman–Crippen MR) is 257 cm³/mol. The fraction of sp³-hybridized carbons (Fsp3) is 0.348. The molecule has 0 saturated heterocycles. The number of nitro groups is 2. The van der Waals surface area contributed by atoms with E-state index in [1.807, 2.05) is 52.0 Å². The number of benzene rings is 4. The van der Waals surface area contributed by atoms with E-state index in [-0.39, 0.29) is 72.7 Å². The Labute approximate surface area is 391 Å². The largest absolute Gasteiger partial charge is 0.493 e. The fourth-order valence-corrected chi connectivity index (χ4v) is 7.95. The van der Waals surface area contributed by atoms with Gasteiger partial charge in [-0.25, -0.2) is 0 Å². The standard InChI is InChI=1S/C46H54N14O8/c1-5-9-65-37-25-13-29-21-35(59(61)62)23-31(39(29)67-11-7-3)15-27-19-34(52-46-57-43(49)54-44(50)58-46)20-28(38(27)66-10-6-2)16-32-24-36(60(63)64)22-30(40(32)68-12-8-4)14-26(37)18-33(17-25)51-45-55-41(47)53-42(48)56-45/h17-24H,5-16H2,1-4H3,(H5,47,48,51,53,55,56)(H5,49,50,52,54,57,58). The summed E-state index contributed by atoms with van der Waals surface area (Å²) in [5.74, 6) is 1.52. The van der Waals surface area contributed by atoms with Crippen LogP contribution in [0.15, 0.2) is 48.5 Å². The van der Waals surface area contributed by atoms with E-state index in [2.05, 4.69) is 40.5 Å². The molecule has 1 aliphatic carbocycles. The molecule has 4 aromatic carbocycles. The first kappa shape index (κ1) is 47.7. The predicted octanol–water partition coefficient (Wildman–Crippen LogP) is 7.52. The topological polar surface area (TPSA) is 329 Å². The van der Waals surface area contributed by atoms with Gasteiger partial charge in [0, 0.05) is 106 Å². The summed E-state index contributed by atoms with van der Waals surface area (Å²) in [7, 11) is 0. The molecule has 2 aromatic heterocycles. The number of non-ortho nitro benzene ring substituents is 2. The van der Waals surface area contributed by atoms with Gasteiger partial charge in [0.25, 0.3) is 11.4 Å². The normalized spacial score (nSPS) is 11.9. The van der Waals surface area contributed by atoms with Crippen molar-refractivity contribution in [1.82, 2.24) is 29.9 Å². The summed E-state index contributed by atoms with van der Waals surface area (Å²) in [5.41, 5.74) is 28.9. The molecule has 0 fully saturated rings. The van der Waals surface area contributed by atoms with Crippen molar-refractivity contribution in [3.8, 4) is 23.0 Å². The Balaban J connectivity index is 1.58. The van der Waals surface area contributed by atoms with E-state index in [4.69, 9.17) is 41.9 Å². The number of nitrogen functional groups attached to an aromatic ring is 4. The molecule has 0 spiro atoms. The average Bonchev–Trinajstić information content (AvgIpc) is 3.26. The summed E-state index contributed by atoms with van der Waals surface area (Å²) in [6.45, 7) is 9.10. The first-order chi connectivity index (χ1) is 32.7. The van der Waals surface area contributed by atoms with Gasteiger partial charge in [-0.2, -0.15) is 29.9 Å². The van der Waals surface area contributed by atoms with Gasteiger partial charge in [0.05, 0.1) is 36.3 Å². The molecule has 22 nitrogen and oxygen atoms in total. The van der Waals surface area contributed by atoms with Gasteiger partial charge in [-0.1, -0.05) is 27.7 Å². The number of hydrogen-bond acceptors (Lipinski definition) is 20. The highest BCUT2D eigenvalue weighted by molar-refractivity contribution is 5.68. The first-order valence-corrected chi connectivity index (χ1v) is 22.3. The molecule has 0 amide bonds. The molecular formula is C46H54N14O8. The highest BCUT2D eigenvalue weighted by Gasteiger charge is 2.27. The second kappa shape index (κ2) is 21.3. The lowest BCUT2D eigenvalue weighted by Gasteiger charge is -2.24. The summed E-state index contributed by atoms with van der Waals surface area (Å²) in [6, 6.07) is 13.3. The highest BCUT2D eigenvalue weighted by Crippen LogP contribution is 2.43. The van der Waals surface area contributed by atoms with Crippen LogP contribution in [0.2, 0.25) is 0 Å². The van der Waals surface area contributed by atoms with Gasteiger partial charge < -0.3 is 52.5 Å². The minimum Gasteiger partial charge on any atom is -0.493 e. The van der Waals surface area contributed by atoms with E-state index < -0.39 is 9.85 Å². The Bertz CT molecular complexity index is 2520. The lowest BCUT2D eigenvalue weighted by atomic mass is 9.90. The van der Waals surface area contributed by atoms with Crippen LogP contribution in [0.1, 0.15) is 97.9 Å². The zero-order valence-electron chi connectivity index (χ0n) is 38.3. The molecule has 0 unspecified atom stereocenters. The summed E-state index contributed by atoms with van der Waals surface area (Å²) >= 11 is 0. The summed E-state index contributed by atoms with van der Waals surface area (Å²) in [6.07, 6.45) is 2.86. The SMILES string of the molecule is CCCOc1c2cc(Nc3nc(N)nc(N)n3)cc1Cc1cc([N+](=O)[O-])cc(c1OCCC)Cc1cc(Nc3nc(N)nc(N)n3)cc(c1OCCC)Cc1cc([N+](=O)[O-])cc(c1OCCC)C2.